The number of carbonyl (C=O) groups excluding carboxylic acids is 1. The van der Waals surface area contributed by atoms with Gasteiger partial charge in [-0.05, 0) is 24.1 Å². The number of phenolic OH excluding ortho intramolecular Hbond substituents is 5. The Bertz CT molecular complexity index is 1270. The topological polar surface area (TPSA) is 138 Å². The quantitative estimate of drug-likeness (QED) is 0.415. The van der Waals surface area contributed by atoms with E-state index in [0.717, 1.165) is 6.07 Å². The second-order valence-corrected chi connectivity index (χ2v) is 6.79. The number of Topliss-reactive ketones (excluding diaryl/α,β-unsaturated/α-hetero) is 1. The normalized spacial score (nSPS) is 15.1. The van der Waals surface area contributed by atoms with Crippen LogP contribution in [0, 0.1) is 0 Å². The molecule has 1 aliphatic carbocycles. The average molecular weight is 408 g/mol. The Labute approximate surface area is 171 Å². The molecule has 0 heterocycles. The Morgan fingerprint density at radius 2 is 1.37 bits per heavy atom. The highest BCUT2D eigenvalue weighted by atomic mass is 16.3. The van der Waals surface area contributed by atoms with Gasteiger partial charge in [-0.2, -0.15) is 0 Å². The monoisotopic (exact) mass is 408 g/mol. The van der Waals surface area contributed by atoms with E-state index in [4.69, 9.17) is 0 Å². The molecule has 0 atom stereocenters. The van der Waals surface area contributed by atoms with E-state index < -0.39 is 45.9 Å². The molecule has 0 spiro atoms. The molecule has 2 aromatic carbocycles. The van der Waals surface area contributed by atoms with E-state index in [0.29, 0.717) is 10.8 Å². The number of hydrogen-bond donors (Lipinski definition) is 6. The first-order valence-electron chi connectivity index (χ1n) is 8.89. The summed E-state index contributed by atoms with van der Waals surface area (Å²) in [7, 11) is 0. The Kier molecular flexibility index (Phi) is 5.06. The van der Waals surface area contributed by atoms with Gasteiger partial charge in [0, 0.05) is 17.2 Å². The summed E-state index contributed by atoms with van der Waals surface area (Å²) < 4.78 is 0. The summed E-state index contributed by atoms with van der Waals surface area (Å²) in [6, 6.07) is 2.19. The Hall–Kier alpha value is -4.13. The van der Waals surface area contributed by atoms with Crippen molar-refractivity contribution in [1.82, 2.24) is 0 Å². The zero-order chi connectivity index (χ0) is 22.3. The Morgan fingerprint density at radius 3 is 1.93 bits per heavy atom. The van der Waals surface area contributed by atoms with Crippen LogP contribution in [-0.4, -0.2) is 36.4 Å². The second kappa shape index (κ2) is 7.36. The van der Waals surface area contributed by atoms with Gasteiger partial charge in [-0.3, -0.25) is 4.79 Å². The number of benzene rings is 2. The predicted octanol–water partition coefficient (Wildman–Crippen LogP) is 1.78. The lowest BCUT2D eigenvalue weighted by molar-refractivity contribution is -0.110. The fraction of sp³-hybridized carbons (Fsp3) is 0.0870. The number of phenols is 5. The molecular weight excluding hydrogens is 388 g/mol. The summed E-state index contributed by atoms with van der Waals surface area (Å²) in [5.41, 5.74) is -0.812. The summed E-state index contributed by atoms with van der Waals surface area (Å²) in [5.74, 6) is -3.96. The molecule has 30 heavy (non-hydrogen) atoms. The Balaban J connectivity index is 2.35. The van der Waals surface area contributed by atoms with Gasteiger partial charge in [0.2, 0.25) is 5.78 Å². The van der Waals surface area contributed by atoms with Gasteiger partial charge in [0.25, 0.3) is 0 Å². The average Bonchev–Trinajstić information content (AvgIpc) is 2.68. The third-order valence-corrected chi connectivity index (χ3v) is 4.96. The molecule has 154 valence electrons. The molecule has 0 saturated carbocycles. The number of allylic oxidation sites excluding steroid dienone is 4. The predicted molar refractivity (Wildman–Crippen MR) is 112 cm³/mol. The number of hydrogen-bond acceptors (Lipinski definition) is 7. The molecule has 0 unspecified atom stereocenters. The van der Waals surface area contributed by atoms with Crippen LogP contribution in [0.25, 0.3) is 17.7 Å². The van der Waals surface area contributed by atoms with Crippen molar-refractivity contribution in [3.05, 3.63) is 70.3 Å². The summed E-state index contributed by atoms with van der Waals surface area (Å²) in [5, 5.41) is 62.1. The van der Waals surface area contributed by atoms with Crippen molar-refractivity contribution in [2.24, 2.45) is 0 Å². The van der Waals surface area contributed by atoms with Crippen molar-refractivity contribution in [3.63, 3.8) is 0 Å². The van der Waals surface area contributed by atoms with Gasteiger partial charge in [-0.1, -0.05) is 18.7 Å². The van der Waals surface area contributed by atoms with Gasteiger partial charge in [0.15, 0.2) is 0 Å². The number of carbonyl (C=O) groups is 1. The van der Waals surface area contributed by atoms with E-state index in [1.807, 2.05) is 0 Å². The van der Waals surface area contributed by atoms with Crippen LogP contribution in [0.4, 0.5) is 0 Å². The van der Waals surface area contributed by atoms with Gasteiger partial charge in [0.05, 0.1) is 21.9 Å². The van der Waals surface area contributed by atoms with Crippen LogP contribution in [0.3, 0.4) is 0 Å². The van der Waals surface area contributed by atoms with Crippen molar-refractivity contribution in [2.75, 3.05) is 0 Å². The molecule has 0 bridgehead atoms. The van der Waals surface area contributed by atoms with Crippen LogP contribution in [0.5, 0.6) is 28.7 Å². The van der Waals surface area contributed by atoms with E-state index in [1.54, 1.807) is 0 Å². The van der Waals surface area contributed by atoms with Crippen molar-refractivity contribution >= 4 is 23.5 Å². The maximum atomic E-state index is 12.9. The molecule has 7 nitrogen and oxygen atoms in total. The largest absolute Gasteiger partial charge is 0.507 e. The molecular formula is C23H20O7. The fourth-order valence-electron chi connectivity index (χ4n) is 3.51. The summed E-state index contributed by atoms with van der Waals surface area (Å²) in [6.07, 6.45) is 3.16. The van der Waals surface area contributed by atoms with Crippen LogP contribution in [-0.2, 0) is 17.6 Å². The first-order valence-corrected chi connectivity index (χ1v) is 8.89. The molecule has 6 N–H and O–H groups in total. The smallest absolute Gasteiger partial charge is 0.202 e. The zero-order valence-corrected chi connectivity index (χ0v) is 15.9. The molecule has 3 rings (SSSR count). The maximum Gasteiger partial charge on any atom is 0.202 e. The zero-order valence-electron chi connectivity index (χ0n) is 15.9. The highest BCUT2D eigenvalue weighted by Crippen LogP contribution is 2.48. The summed E-state index contributed by atoms with van der Waals surface area (Å²) in [6.45, 7) is 10.8. The van der Waals surface area contributed by atoms with Gasteiger partial charge < -0.3 is 30.6 Å². The van der Waals surface area contributed by atoms with Crippen molar-refractivity contribution in [1.29, 1.82) is 0 Å². The van der Waals surface area contributed by atoms with Crippen LogP contribution in [0.15, 0.2) is 43.2 Å². The number of ketones is 1. The fourth-order valence-corrected chi connectivity index (χ4v) is 3.51. The second-order valence-electron chi connectivity index (χ2n) is 6.79. The van der Waals surface area contributed by atoms with Crippen molar-refractivity contribution < 1.29 is 35.4 Å². The first kappa shape index (κ1) is 20.6. The minimum absolute atomic E-state index is 0.0136. The standard InChI is InChI=1S/C23H20O7/c1-4-6-11-10(3)8-14(25)16(20(11)27)18-22(29)19(23(18)30)17-15(26)9-13(24)12(7-5-2)21(17)28/h4-5,8-9,24-29H,1-3,6-7H2/b18-16-. The molecule has 0 amide bonds. The molecule has 0 aliphatic heterocycles. The summed E-state index contributed by atoms with van der Waals surface area (Å²) in [4.78, 5) is 12.9. The Morgan fingerprint density at radius 1 is 0.767 bits per heavy atom. The van der Waals surface area contributed by atoms with E-state index in [1.165, 1.54) is 18.2 Å². The lowest BCUT2D eigenvalue weighted by Gasteiger charge is -2.24. The minimum Gasteiger partial charge on any atom is -0.507 e. The van der Waals surface area contributed by atoms with E-state index in [2.05, 4.69) is 19.7 Å². The van der Waals surface area contributed by atoms with E-state index >= 15 is 0 Å². The molecule has 0 aromatic heterocycles. The number of aliphatic hydroxyl groups is 1. The van der Waals surface area contributed by atoms with Crippen molar-refractivity contribution in [3.8, 4) is 28.7 Å². The number of rotatable bonds is 5. The molecule has 1 aliphatic rings. The molecule has 0 radical (unpaired) electrons. The number of aliphatic hydroxyl groups excluding tert-OH is 1. The van der Waals surface area contributed by atoms with Crippen LogP contribution in [0.2, 0.25) is 0 Å². The third-order valence-electron chi connectivity index (χ3n) is 4.96. The molecule has 7 heteroatoms. The SMILES string of the molecule is C=CCc1c(O)cc(O)c(C2=C(O)/C(=c3\c(O)cc(=C)c(CC=C)c3O)C2=O)c1O. The van der Waals surface area contributed by atoms with Crippen LogP contribution < -0.4 is 10.4 Å². The van der Waals surface area contributed by atoms with Crippen LogP contribution >= 0.6 is 0 Å². The maximum absolute atomic E-state index is 12.9. The lowest BCUT2D eigenvalue weighted by atomic mass is 9.80. The molecule has 0 fully saturated rings. The van der Waals surface area contributed by atoms with Gasteiger partial charge in [-0.15, -0.1) is 13.2 Å². The summed E-state index contributed by atoms with van der Waals surface area (Å²) >= 11 is 0. The minimum atomic E-state index is -0.819. The molecule has 2 aromatic rings. The van der Waals surface area contributed by atoms with Crippen molar-refractivity contribution in [2.45, 2.75) is 12.8 Å². The van der Waals surface area contributed by atoms with Crippen LogP contribution in [0.1, 0.15) is 16.7 Å². The van der Waals surface area contributed by atoms with Gasteiger partial charge >= 0.3 is 0 Å². The van der Waals surface area contributed by atoms with Gasteiger partial charge in [0.1, 0.15) is 34.5 Å². The highest BCUT2D eigenvalue weighted by Gasteiger charge is 2.40. The highest BCUT2D eigenvalue weighted by molar-refractivity contribution is 6.52. The lowest BCUT2D eigenvalue weighted by Crippen LogP contribution is -2.29. The first-order chi connectivity index (χ1) is 14.1. The van der Waals surface area contributed by atoms with E-state index in [9.17, 15) is 35.4 Å². The number of aromatic hydroxyl groups is 5. The van der Waals surface area contributed by atoms with Gasteiger partial charge in [-0.25, -0.2) is 0 Å². The van der Waals surface area contributed by atoms with E-state index in [-0.39, 0.29) is 34.8 Å². The molecule has 0 saturated heterocycles. The third kappa shape index (κ3) is 2.88.